The third-order valence-electron chi connectivity index (χ3n) is 3.82. The summed E-state index contributed by atoms with van der Waals surface area (Å²) in [5.41, 5.74) is 0.569. The number of benzene rings is 1. The monoisotopic (exact) mass is 305 g/mol. The molecule has 2 N–H and O–H groups in total. The standard InChI is InChI=1S/C17H23NO4/c1-11(2)22-15-9-8-13(17(20)21)10-14(15)18-16(19)12-6-4-3-5-7-12/h8-12H,3-7H2,1-2H3,(H,18,19)(H,20,21). The van der Waals surface area contributed by atoms with Crippen LogP contribution in [-0.2, 0) is 4.79 Å². The van der Waals surface area contributed by atoms with Crippen LogP contribution in [0, 0.1) is 5.92 Å². The Balaban J connectivity index is 2.19. The number of carboxylic acid groups (broad SMARTS) is 1. The van der Waals surface area contributed by atoms with E-state index in [9.17, 15) is 9.59 Å². The lowest BCUT2D eigenvalue weighted by Gasteiger charge is -2.22. The zero-order chi connectivity index (χ0) is 16.1. The van der Waals surface area contributed by atoms with Crippen molar-refractivity contribution in [3.8, 4) is 5.75 Å². The van der Waals surface area contributed by atoms with Crippen LogP contribution in [0.5, 0.6) is 5.75 Å². The Morgan fingerprint density at radius 2 is 1.91 bits per heavy atom. The summed E-state index contributed by atoms with van der Waals surface area (Å²) in [6.45, 7) is 3.77. The number of rotatable bonds is 5. The van der Waals surface area contributed by atoms with Crippen LogP contribution in [0.15, 0.2) is 18.2 Å². The average Bonchev–Trinajstić information content (AvgIpc) is 2.49. The Labute approximate surface area is 130 Å². The first-order valence-corrected chi connectivity index (χ1v) is 7.82. The van der Waals surface area contributed by atoms with Gasteiger partial charge in [0.2, 0.25) is 5.91 Å². The van der Waals surface area contributed by atoms with E-state index in [-0.39, 0.29) is 23.5 Å². The predicted octanol–water partition coefficient (Wildman–Crippen LogP) is 3.69. The molecule has 5 heteroatoms. The zero-order valence-corrected chi connectivity index (χ0v) is 13.1. The number of aromatic carboxylic acids is 1. The summed E-state index contributed by atoms with van der Waals surface area (Å²) in [4.78, 5) is 23.5. The van der Waals surface area contributed by atoms with Gasteiger partial charge in [-0.1, -0.05) is 19.3 Å². The van der Waals surface area contributed by atoms with Crippen LogP contribution in [0.25, 0.3) is 0 Å². The molecule has 120 valence electrons. The minimum atomic E-state index is -1.02. The van der Waals surface area contributed by atoms with E-state index in [2.05, 4.69) is 5.32 Å². The van der Waals surface area contributed by atoms with Crippen molar-refractivity contribution in [2.24, 2.45) is 5.92 Å². The molecule has 0 heterocycles. The van der Waals surface area contributed by atoms with Crippen molar-refractivity contribution in [3.05, 3.63) is 23.8 Å². The molecule has 2 rings (SSSR count). The summed E-state index contributed by atoms with van der Waals surface area (Å²) in [5, 5.41) is 12.0. The van der Waals surface area contributed by atoms with Gasteiger partial charge in [0.25, 0.3) is 0 Å². The molecule has 22 heavy (non-hydrogen) atoms. The highest BCUT2D eigenvalue weighted by Crippen LogP contribution is 2.30. The van der Waals surface area contributed by atoms with Crippen molar-refractivity contribution in [3.63, 3.8) is 0 Å². The molecule has 0 aromatic heterocycles. The van der Waals surface area contributed by atoms with Crippen LogP contribution >= 0.6 is 0 Å². The first-order valence-electron chi connectivity index (χ1n) is 7.82. The van der Waals surface area contributed by atoms with Crippen LogP contribution in [-0.4, -0.2) is 23.1 Å². The van der Waals surface area contributed by atoms with Gasteiger partial charge in [-0.25, -0.2) is 4.79 Å². The van der Waals surface area contributed by atoms with Crippen LogP contribution < -0.4 is 10.1 Å². The Bertz CT molecular complexity index is 548. The third-order valence-corrected chi connectivity index (χ3v) is 3.82. The molecule has 0 radical (unpaired) electrons. The van der Waals surface area contributed by atoms with E-state index in [0.717, 1.165) is 25.7 Å². The van der Waals surface area contributed by atoms with Crippen molar-refractivity contribution in [2.75, 3.05) is 5.32 Å². The number of hydrogen-bond donors (Lipinski definition) is 2. The summed E-state index contributed by atoms with van der Waals surface area (Å²) in [6.07, 6.45) is 5.06. The van der Waals surface area contributed by atoms with E-state index in [0.29, 0.717) is 11.4 Å². The van der Waals surface area contributed by atoms with E-state index >= 15 is 0 Å². The summed E-state index contributed by atoms with van der Waals surface area (Å²) in [6, 6.07) is 4.54. The number of hydrogen-bond acceptors (Lipinski definition) is 3. The van der Waals surface area contributed by atoms with Gasteiger partial charge in [0, 0.05) is 5.92 Å². The quantitative estimate of drug-likeness (QED) is 0.870. The smallest absolute Gasteiger partial charge is 0.335 e. The lowest BCUT2D eigenvalue weighted by molar-refractivity contribution is -0.120. The second-order valence-electron chi connectivity index (χ2n) is 6.01. The number of nitrogens with one attached hydrogen (secondary N) is 1. The van der Waals surface area contributed by atoms with Gasteiger partial charge in [0.1, 0.15) is 5.75 Å². The Hall–Kier alpha value is -2.04. The highest BCUT2D eigenvalue weighted by Gasteiger charge is 2.22. The molecule has 0 aliphatic heterocycles. The van der Waals surface area contributed by atoms with E-state index in [1.165, 1.54) is 18.6 Å². The zero-order valence-electron chi connectivity index (χ0n) is 13.1. The first kappa shape index (κ1) is 16.3. The Kier molecular flexibility index (Phi) is 5.41. The molecule has 0 spiro atoms. The Morgan fingerprint density at radius 1 is 1.23 bits per heavy atom. The number of carbonyl (C=O) groups excluding carboxylic acids is 1. The van der Waals surface area contributed by atoms with Gasteiger partial charge in [-0.2, -0.15) is 0 Å². The fourth-order valence-electron chi connectivity index (χ4n) is 2.72. The molecule has 1 amide bonds. The predicted molar refractivity (Wildman–Crippen MR) is 84.4 cm³/mol. The summed E-state index contributed by atoms with van der Waals surface area (Å²) in [7, 11) is 0. The van der Waals surface area contributed by atoms with E-state index in [4.69, 9.17) is 9.84 Å². The largest absolute Gasteiger partial charge is 0.489 e. The maximum Gasteiger partial charge on any atom is 0.335 e. The highest BCUT2D eigenvalue weighted by molar-refractivity contribution is 5.96. The molecule has 0 saturated heterocycles. The normalized spacial score (nSPS) is 15.6. The Morgan fingerprint density at radius 3 is 2.50 bits per heavy atom. The van der Waals surface area contributed by atoms with E-state index in [1.54, 1.807) is 6.07 Å². The summed E-state index contributed by atoms with van der Waals surface area (Å²) in [5.74, 6) is -0.557. The van der Waals surface area contributed by atoms with Gasteiger partial charge in [0.05, 0.1) is 17.4 Å². The van der Waals surface area contributed by atoms with Crippen molar-refractivity contribution >= 4 is 17.6 Å². The SMILES string of the molecule is CC(C)Oc1ccc(C(=O)O)cc1NC(=O)C1CCCCC1. The molecular formula is C17H23NO4. The lowest BCUT2D eigenvalue weighted by Crippen LogP contribution is -2.25. The molecule has 0 unspecified atom stereocenters. The van der Waals surface area contributed by atoms with E-state index < -0.39 is 5.97 Å². The van der Waals surface area contributed by atoms with Gasteiger partial charge in [0.15, 0.2) is 0 Å². The summed E-state index contributed by atoms with van der Waals surface area (Å²) < 4.78 is 5.66. The summed E-state index contributed by atoms with van der Waals surface area (Å²) >= 11 is 0. The number of ether oxygens (including phenoxy) is 1. The highest BCUT2D eigenvalue weighted by atomic mass is 16.5. The first-order chi connectivity index (χ1) is 10.5. The van der Waals surface area contributed by atoms with E-state index in [1.807, 2.05) is 13.8 Å². The van der Waals surface area contributed by atoms with Crippen molar-refractivity contribution in [1.29, 1.82) is 0 Å². The van der Waals surface area contributed by atoms with Crippen molar-refractivity contribution in [1.82, 2.24) is 0 Å². The molecule has 1 fully saturated rings. The second-order valence-corrected chi connectivity index (χ2v) is 6.01. The molecule has 5 nitrogen and oxygen atoms in total. The molecule has 0 atom stereocenters. The molecule has 1 saturated carbocycles. The number of carboxylic acids is 1. The van der Waals surface area contributed by atoms with Gasteiger partial charge in [-0.3, -0.25) is 4.79 Å². The minimum Gasteiger partial charge on any atom is -0.489 e. The second kappa shape index (κ2) is 7.29. The third kappa shape index (κ3) is 4.23. The molecular weight excluding hydrogens is 282 g/mol. The topological polar surface area (TPSA) is 75.6 Å². The van der Waals surface area contributed by atoms with Crippen molar-refractivity contribution < 1.29 is 19.4 Å². The average molecular weight is 305 g/mol. The molecule has 1 aliphatic rings. The molecule has 0 bridgehead atoms. The molecule has 1 aliphatic carbocycles. The number of amides is 1. The van der Waals surface area contributed by atoms with Crippen molar-refractivity contribution in [2.45, 2.75) is 52.1 Å². The number of carbonyl (C=O) groups is 2. The van der Waals surface area contributed by atoms with Gasteiger partial charge in [-0.15, -0.1) is 0 Å². The number of anilines is 1. The molecule has 1 aromatic rings. The van der Waals surface area contributed by atoms with Gasteiger partial charge >= 0.3 is 5.97 Å². The fraction of sp³-hybridized carbons (Fsp3) is 0.529. The van der Waals surface area contributed by atoms with Crippen LogP contribution in [0.3, 0.4) is 0 Å². The maximum absolute atomic E-state index is 12.4. The molecule has 1 aromatic carbocycles. The van der Waals surface area contributed by atoms with Crippen LogP contribution in [0.4, 0.5) is 5.69 Å². The maximum atomic E-state index is 12.4. The minimum absolute atomic E-state index is 0.00846. The lowest BCUT2D eigenvalue weighted by atomic mass is 9.88. The van der Waals surface area contributed by atoms with Gasteiger partial charge in [-0.05, 0) is 44.9 Å². The van der Waals surface area contributed by atoms with Gasteiger partial charge < -0.3 is 15.2 Å². The fourth-order valence-corrected chi connectivity index (χ4v) is 2.72. The van der Waals surface area contributed by atoms with Crippen LogP contribution in [0.2, 0.25) is 0 Å². The van der Waals surface area contributed by atoms with Crippen LogP contribution in [0.1, 0.15) is 56.3 Å².